The lowest BCUT2D eigenvalue weighted by Crippen LogP contribution is -1.97. The Morgan fingerprint density at radius 1 is 1.04 bits per heavy atom. The van der Waals surface area contributed by atoms with Crippen LogP contribution in [0.25, 0.3) is 11.4 Å². The Bertz CT molecular complexity index is 883. The van der Waals surface area contributed by atoms with Gasteiger partial charge in [0.2, 0.25) is 0 Å². The normalized spacial score (nSPS) is 10.7. The molecule has 0 atom stereocenters. The number of halogens is 1. The fraction of sp³-hybridized carbons (Fsp3) is 0.222. The Hall–Kier alpha value is -2.54. The van der Waals surface area contributed by atoms with Gasteiger partial charge in [-0.3, -0.25) is 0 Å². The molecule has 7 heteroatoms. The van der Waals surface area contributed by atoms with Crippen LogP contribution in [0.3, 0.4) is 0 Å². The smallest absolute Gasteiger partial charge is 0.191 e. The van der Waals surface area contributed by atoms with E-state index in [0.717, 1.165) is 5.56 Å². The van der Waals surface area contributed by atoms with Crippen molar-refractivity contribution in [2.45, 2.75) is 10.9 Å². The molecule has 0 spiro atoms. The molecule has 5 nitrogen and oxygen atoms in total. The first-order valence-corrected chi connectivity index (χ1v) is 8.60. The maximum atomic E-state index is 13.7. The van der Waals surface area contributed by atoms with E-state index in [-0.39, 0.29) is 5.82 Å². The lowest BCUT2D eigenvalue weighted by atomic mass is 10.2. The van der Waals surface area contributed by atoms with Crippen LogP contribution in [0.4, 0.5) is 4.39 Å². The number of ether oxygens (including phenoxy) is 2. The highest BCUT2D eigenvalue weighted by molar-refractivity contribution is 7.98. The first-order chi connectivity index (χ1) is 12.1. The van der Waals surface area contributed by atoms with Crippen LogP contribution in [0.5, 0.6) is 11.5 Å². The first kappa shape index (κ1) is 17.3. The standard InChI is InChI=1S/C18H18FN3O2S/c1-22-17(12-8-9-15(23-2)16(10-12)24-3)20-21-18(22)25-11-13-6-4-5-7-14(13)19/h4-10H,11H2,1-3H3. The van der Waals surface area contributed by atoms with Crippen LogP contribution < -0.4 is 9.47 Å². The van der Waals surface area contributed by atoms with E-state index in [4.69, 9.17) is 9.47 Å². The second kappa shape index (κ2) is 7.57. The summed E-state index contributed by atoms with van der Waals surface area (Å²) in [4.78, 5) is 0. The summed E-state index contributed by atoms with van der Waals surface area (Å²) in [6.07, 6.45) is 0. The summed E-state index contributed by atoms with van der Waals surface area (Å²) in [5.74, 6) is 2.27. The molecular formula is C18H18FN3O2S. The van der Waals surface area contributed by atoms with Gasteiger partial charge in [-0.25, -0.2) is 4.39 Å². The van der Waals surface area contributed by atoms with Gasteiger partial charge in [-0.1, -0.05) is 30.0 Å². The lowest BCUT2D eigenvalue weighted by Gasteiger charge is -2.09. The number of hydrogen-bond donors (Lipinski definition) is 0. The summed E-state index contributed by atoms with van der Waals surface area (Å²) >= 11 is 1.44. The zero-order chi connectivity index (χ0) is 17.8. The Kier molecular flexibility index (Phi) is 5.23. The molecule has 1 aromatic heterocycles. The van der Waals surface area contributed by atoms with Crippen molar-refractivity contribution in [3.8, 4) is 22.9 Å². The molecule has 0 saturated heterocycles. The highest BCUT2D eigenvalue weighted by Gasteiger charge is 2.14. The minimum Gasteiger partial charge on any atom is -0.493 e. The highest BCUT2D eigenvalue weighted by Crippen LogP contribution is 2.32. The zero-order valence-electron chi connectivity index (χ0n) is 14.2. The van der Waals surface area contributed by atoms with Gasteiger partial charge in [0.1, 0.15) is 5.82 Å². The summed E-state index contributed by atoms with van der Waals surface area (Å²) in [5, 5.41) is 9.19. The molecule has 0 radical (unpaired) electrons. The molecule has 3 rings (SSSR count). The second-order valence-corrected chi connectivity index (χ2v) is 6.26. The van der Waals surface area contributed by atoms with Crippen molar-refractivity contribution in [3.63, 3.8) is 0 Å². The Morgan fingerprint density at radius 3 is 2.52 bits per heavy atom. The zero-order valence-corrected chi connectivity index (χ0v) is 15.0. The molecule has 0 aliphatic heterocycles. The number of methoxy groups -OCH3 is 2. The minimum absolute atomic E-state index is 0.211. The van der Waals surface area contributed by atoms with Gasteiger partial charge < -0.3 is 14.0 Å². The maximum Gasteiger partial charge on any atom is 0.191 e. The van der Waals surface area contributed by atoms with E-state index in [1.807, 2.05) is 35.9 Å². The van der Waals surface area contributed by atoms with Crippen molar-refractivity contribution in [1.82, 2.24) is 14.8 Å². The molecule has 25 heavy (non-hydrogen) atoms. The van der Waals surface area contributed by atoms with E-state index in [2.05, 4.69) is 10.2 Å². The Morgan fingerprint density at radius 2 is 1.80 bits per heavy atom. The molecule has 0 aliphatic carbocycles. The number of nitrogens with zero attached hydrogens (tertiary/aromatic N) is 3. The van der Waals surface area contributed by atoms with Gasteiger partial charge in [0.25, 0.3) is 0 Å². The van der Waals surface area contributed by atoms with E-state index in [0.29, 0.717) is 33.8 Å². The first-order valence-electron chi connectivity index (χ1n) is 7.62. The number of thioether (sulfide) groups is 1. The van der Waals surface area contributed by atoms with Gasteiger partial charge >= 0.3 is 0 Å². The Labute approximate surface area is 149 Å². The van der Waals surface area contributed by atoms with Crippen LogP contribution in [0, 0.1) is 5.82 Å². The molecule has 0 bridgehead atoms. The third-order valence-electron chi connectivity index (χ3n) is 3.79. The van der Waals surface area contributed by atoms with Crippen molar-refractivity contribution < 1.29 is 13.9 Å². The molecule has 0 aliphatic rings. The Balaban J connectivity index is 1.83. The minimum atomic E-state index is -0.211. The van der Waals surface area contributed by atoms with E-state index in [1.54, 1.807) is 26.4 Å². The number of rotatable bonds is 6. The molecule has 0 saturated carbocycles. The van der Waals surface area contributed by atoms with Crippen LogP contribution in [0.2, 0.25) is 0 Å². The second-order valence-electron chi connectivity index (χ2n) is 5.32. The van der Waals surface area contributed by atoms with Gasteiger partial charge in [-0.2, -0.15) is 0 Å². The monoisotopic (exact) mass is 359 g/mol. The summed E-state index contributed by atoms with van der Waals surface area (Å²) in [5.41, 5.74) is 1.51. The third-order valence-corrected chi connectivity index (χ3v) is 4.86. The number of benzene rings is 2. The SMILES string of the molecule is COc1ccc(-c2nnc(SCc3ccccc3F)n2C)cc1OC. The van der Waals surface area contributed by atoms with Crippen molar-refractivity contribution in [3.05, 3.63) is 53.8 Å². The summed E-state index contributed by atoms with van der Waals surface area (Å²) in [6, 6.07) is 12.3. The van der Waals surface area contributed by atoms with Crippen LogP contribution in [-0.4, -0.2) is 29.0 Å². The maximum absolute atomic E-state index is 13.7. The molecule has 0 amide bonds. The van der Waals surface area contributed by atoms with Crippen LogP contribution in [0.1, 0.15) is 5.56 Å². The van der Waals surface area contributed by atoms with E-state index in [9.17, 15) is 4.39 Å². The summed E-state index contributed by atoms with van der Waals surface area (Å²) in [7, 11) is 5.07. The van der Waals surface area contributed by atoms with Crippen LogP contribution >= 0.6 is 11.8 Å². The summed E-state index contributed by atoms with van der Waals surface area (Å²) < 4.78 is 26.2. The predicted octanol–water partition coefficient (Wildman–Crippen LogP) is 3.93. The van der Waals surface area contributed by atoms with E-state index < -0.39 is 0 Å². The van der Waals surface area contributed by atoms with Crippen LogP contribution in [-0.2, 0) is 12.8 Å². The highest BCUT2D eigenvalue weighted by atomic mass is 32.2. The van der Waals surface area contributed by atoms with Crippen molar-refractivity contribution in [2.24, 2.45) is 7.05 Å². The molecular weight excluding hydrogens is 341 g/mol. The van der Waals surface area contributed by atoms with Crippen molar-refractivity contribution in [2.75, 3.05) is 14.2 Å². The molecule has 0 N–H and O–H groups in total. The average molecular weight is 359 g/mol. The molecule has 1 heterocycles. The third kappa shape index (κ3) is 3.61. The van der Waals surface area contributed by atoms with Crippen molar-refractivity contribution >= 4 is 11.8 Å². The number of aromatic nitrogens is 3. The van der Waals surface area contributed by atoms with Gasteiger partial charge in [0.05, 0.1) is 14.2 Å². The lowest BCUT2D eigenvalue weighted by molar-refractivity contribution is 0.355. The van der Waals surface area contributed by atoms with Gasteiger partial charge in [-0.05, 0) is 29.8 Å². The van der Waals surface area contributed by atoms with Gasteiger partial charge in [0.15, 0.2) is 22.5 Å². The molecule has 3 aromatic rings. The largest absolute Gasteiger partial charge is 0.493 e. The van der Waals surface area contributed by atoms with Crippen molar-refractivity contribution in [1.29, 1.82) is 0 Å². The topological polar surface area (TPSA) is 49.2 Å². The van der Waals surface area contributed by atoms with E-state index >= 15 is 0 Å². The fourth-order valence-corrected chi connectivity index (χ4v) is 3.32. The van der Waals surface area contributed by atoms with Gasteiger partial charge in [-0.15, -0.1) is 10.2 Å². The number of hydrogen-bond acceptors (Lipinski definition) is 5. The molecule has 0 fully saturated rings. The predicted molar refractivity (Wildman–Crippen MR) is 95.5 cm³/mol. The molecule has 2 aromatic carbocycles. The fourth-order valence-electron chi connectivity index (χ4n) is 2.43. The quantitative estimate of drug-likeness (QED) is 0.624. The summed E-state index contributed by atoms with van der Waals surface area (Å²) in [6.45, 7) is 0. The van der Waals surface area contributed by atoms with Crippen LogP contribution in [0.15, 0.2) is 47.6 Å². The molecule has 130 valence electrons. The van der Waals surface area contributed by atoms with E-state index in [1.165, 1.54) is 17.8 Å². The molecule has 0 unspecified atom stereocenters. The van der Waals surface area contributed by atoms with Gasteiger partial charge in [0, 0.05) is 18.4 Å². The average Bonchev–Trinajstić information content (AvgIpc) is 3.01.